The molecule has 7 rings (SSSR count). The van der Waals surface area contributed by atoms with Gasteiger partial charge in [-0.05, 0) is 101 Å². The second kappa shape index (κ2) is 16.8. The van der Waals surface area contributed by atoms with E-state index in [1.165, 1.54) is 5.56 Å². The van der Waals surface area contributed by atoms with Crippen molar-refractivity contribution in [1.29, 1.82) is 0 Å². The highest BCUT2D eigenvalue weighted by molar-refractivity contribution is 5.95. The van der Waals surface area contributed by atoms with Crippen molar-refractivity contribution in [3.63, 3.8) is 0 Å². The Morgan fingerprint density at radius 1 is 1.11 bits per heavy atom. The number of cyclic esters (lactones) is 1. The number of aryl methyl sites for hydroxylation is 1. The Morgan fingerprint density at radius 2 is 1.86 bits per heavy atom. The van der Waals surface area contributed by atoms with Crippen LogP contribution >= 0.6 is 0 Å². The minimum atomic E-state index is -0.626. The molecular weight excluding hydrogens is 705 g/mol. The number of ether oxygens (including phenoxy) is 2. The Morgan fingerprint density at radius 3 is 2.57 bits per heavy atom. The first kappa shape index (κ1) is 40.1. The van der Waals surface area contributed by atoms with Gasteiger partial charge in [0.05, 0.1) is 48.1 Å². The van der Waals surface area contributed by atoms with Gasteiger partial charge in [-0.1, -0.05) is 39.0 Å². The highest BCUT2D eigenvalue weighted by Crippen LogP contribution is 2.42. The average molecular weight is 767 g/mol. The Bertz CT molecular complexity index is 1960. The number of fused-ring (bicyclic) bond motifs is 3. The number of piperidine rings is 1. The molecule has 1 saturated carbocycles. The summed E-state index contributed by atoms with van der Waals surface area (Å²) in [4.78, 5) is 50.7. The van der Waals surface area contributed by atoms with Gasteiger partial charge in [-0.25, -0.2) is 0 Å². The molecule has 0 spiro atoms. The smallest absolute Gasteiger partial charge is 0.323 e. The average Bonchev–Trinajstić information content (AvgIpc) is 3.87. The summed E-state index contributed by atoms with van der Waals surface area (Å²) in [6.45, 7) is 15.5. The molecule has 1 amide bonds. The van der Waals surface area contributed by atoms with E-state index in [1.54, 1.807) is 7.11 Å². The Balaban J connectivity index is 1.32. The molecule has 1 aromatic carbocycles. The van der Waals surface area contributed by atoms with E-state index in [-0.39, 0.29) is 36.3 Å². The van der Waals surface area contributed by atoms with Gasteiger partial charge >= 0.3 is 5.97 Å². The van der Waals surface area contributed by atoms with Crippen molar-refractivity contribution in [2.24, 2.45) is 17.3 Å². The molecule has 4 bridgehead atoms. The number of amides is 1. The molecule has 3 aromatic rings. The zero-order valence-corrected chi connectivity index (χ0v) is 34.5. The lowest BCUT2D eigenvalue weighted by Crippen LogP contribution is -2.56. The monoisotopic (exact) mass is 766 g/mol. The standard InChI is InChI=1S/C45H62N6O5/c1-8-51-39-17-16-30-12-9-10-13-37(48-43(53)32-22-28(32)2)42(52)36-14-11-15-38(47-36)44(54)56-27-45(4,5)25-35(33(39)23-30)41(51)34-24-31(26-46-40(34)29(3)55-7)50-20-18-49(6)19-21-50/h9,12,16-17,23-24,26,28-29,32,36-38,47H,8,10-11,13-15,18-22,25,27H2,1-7H3,(H,48,53)/b12-9+/t28-,29-,32-,36?,37-,38-/m0/s1. The van der Waals surface area contributed by atoms with Crippen LogP contribution in [0.25, 0.3) is 28.2 Å². The van der Waals surface area contributed by atoms with Gasteiger partial charge in [0, 0.05) is 67.6 Å². The first-order valence-corrected chi connectivity index (χ1v) is 20.9. The van der Waals surface area contributed by atoms with Gasteiger partial charge in [-0.3, -0.25) is 24.7 Å². The number of anilines is 1. The number of pyridine rings is 1. The van der Waals surface area contributed by atoms with E-state index in [9.17, 15) is 14.4 Å². The SMILES string of the molecule is CCn1c(-c2cc(N3CCN(C)CC3)cnc2[C@H](C)OC)c2c3cc(ccc31)/C=C/CC[C@H](NC(=O)[C@H]1C[C@@H]1C)C(=O)C1CCC[C@H](N1)C(=O)OCC(C)(C)C2. The second-order valence-electron chi connectivity index (χ2n) is 17.6. The molecule has 302 valence electrons. The molecule has 3 aliphatic heterocycles. The topological polar surface area (TPSA) is 118 Å². The fourth-order valence-corrected chi connectivity index (χ4v) is 8.91. The lowest BCUT2D eigenvalue weighted by atomic mass is 9.84. The number of ketones is 1. The Labute approximate surface area is 332 Å². The molecule has 2 aromatic heterocycles. The molecule has 1 unspecified atom stereocenters. The third-order valence-electron chi connectivity index (χ3n) is 12.6. The van der Waals surface area contributed by atoms with Crippen LogP contribution in [-0.2, 0) is 36.8 Å². The summed E-state index contributed by atoms with van der Waals surface area (Å²) in [6, 6.07) is 7.24. The van der Waals surface area contributed by atoms with E-state index in [4.69, 9.17) is 14.5 Å². The van der Waals surface area contributed by atoms with Crippen LogP contribution in [0.4, 0.5) is 5.69 Å². The van der Waals surface area contributed by atoms with Crippen molar-refractivity contribution in [1.82, 2.24) is 25.1 Å². The Kier molecular flexibility index (Phi) is 12.1. The van der Waals surface area contributed by atoms with Crippen LogP contribution < -0.4 is 15.5 Å². The number of Topliss-reactive ketones (excluding diaryl/α,β-unsaturated/α-hetero) is 1. The second-order valence-corrected chi connectivity index (χ2v) is 17.6. The van der Waals surface area contributed by atoms with Crippen molar-refractivity contribution in [3.8, 4) is 11.3 Å². The number of carbonyl (C=O) groups excluding carboxylic acids is 3. The van der Waals surface area contributed by atoms with Crippen LogP contribution in [0.5, 0.6) is 0 Å². The molecule has 2 saturated heterocycles. The summed E-state index contributed by atoms with van der Waals surface area (Å²) in [6.07, 6.45) is 10.6. The van der Waals surface area contributed by atoms with Crippen molar-refractivity contribution in [2.75, 3.05) is 51.8 Å². The fourth-order valence-electron chi connectivity index (χ4n) is 8.91. The van der Waals surface area contributed by atoms with E-state index < -0.39 is 23.5 Å². The Hall–Kier alpha value is -4.06. The lowest BCUT2D eigenvalue weighted by molar-refractivity contribution is -0.150. The first-order chi connectivity index (χ1) is 26.9. The normalized spacial score (nSPS) is 27.3. The number of methoxy groups -OCH3 is 1. The number of rotatable bonds is 7. The third kappa shape index (κ3) is 8.60. The van der Waals surface area contributed by atoms with Gasteiger partial charge in [0.15, 0.2) is 5.78 Å². The van der Waals surface area contributed by atoms with E-state index in [0.29, 0.717) is 38.0 Å². The summed E-state index contributed by atoms with van der Waals surface area (Å²) in [5.41, 5.74) is 7.16. The molecule has 3 fully saturated rings. The molecule has 4 aliphatic rings. The highest BCUT2D eigenvalue weighted by atomic mass is 16.5. The van der Waals surface area contributed by atoms with Gasteiger partial charge in [-0.2, -0.15) is 0 Å². The number of aromatic nitrogens is 2. The molecule has 11 nitrogen and oxygen atoms in total. The number of likely N-dealkylation sites (N-methyl/N-ethyl adjacent to an activating group) is 1. The largest absolute Gasteiger partial charge is 0.464 e. The maximum absolute atomic E-state index is 14.0. The zero-order valence-electron chi connectivity index (χ0n) is 34.5. The van der Waals surface area contributed by atoms with Gasteiger partial charge in [0.1, 0.15) is 6.04 Å². The summed E-state index contributed by atoms with van der Waals surface area (Å²) in [7, 11) is 3.91. The predicted octanol–water partition coefficient (Wildman–Crippen LogP) is 6.32. The number of allylic oxidation sites excluding steroid dienone is 1. The van der Waals surface area contributed by atoms with Crippen LogP contribution in [0.15, 0.2) is 36.5 Å². The van der Waals surface area contributed by atoms with Crippen LogP contribution in [0, 0.1) is 17.3 Å². The van der Waals surface area contributed by atoms with E-state index in [2.05, 4.69) is 103 Å². The van der Waals surface area contributed by atoms with Crippen LogP contribution in [0.1, 0.15) is 96.1 Å². The first-order valence-electron chi connectivity index (χ1n) is 20.9. The molecule has 0 radical (unpaired) electrons. The third-order valence-corrected chi connectivity index (χ3v) is 12.6. The van der Waals surface area contributed by atoms with Gasteiger partial charge in [0.25, 0.3) is 0 Å². The molecule has 1 aliphatic carbocycles. The number of nitrogens with zero attached hydrogens (tertiary/aromatic N) is 4. The number of carbonyl (C=O) groups is 3. The zero-order chi connectivity index (χ0) is 39.7. The fraction of sp³-hybridized carbons (Fsp3) is 0.600. The number of nitrogens with one attached hydrogen (secondary N) is 2. The molecule has 56 heavy (non-hydrogen) atoms. The van der Waals surface area contributed by atoms with Crippen LogP contribution in [-0.4, -0.2) is 97.2 Å². The minimum Gasteiger partial charge on any atom is -0.464 e. The van der Waals surface area contributed by atoms with Crippen molar-refractivity contribution in [3.05, 3.63) is 53.4 Å². The summed E-state index contributed by atoms with van der Waals surface area (Å²) >= 11 is 0. The molecule has 6 atom stereocenters. The summed E-state index contributed by atoms with van der Waals surface area (Å²) in [5.74, 6) is -0.109. The maximum Gasteiger partial charge on any atom is 0.323 e. The number of hydrogen-bond donors (Lipinski definition) is 2. The van der Waals surface area contributed by atoms with Crippen molar-refractivity contribution in [2.45, 2.75) is 110 Å². The predicted molar refractivity (Wildman–Crippen MR) is 221 cm³/mol. The molecular formula is C45H62N6O5. The summed E-state index contributed by atoms with van der Waals surface area (Å²) in [5, 5.41) is 7.59. The number of piperazine rings is 1. The molecule has 11 heteroatoms. The lowest BCUT2D eigenvalue weighted by Gasteiger charge is -2.34. The maximum atomic E-state index is 14.0. The van der Waals surface area contributed by atoms with Gasteiger partial charge < -0.3 is 29.2 Å². The number of esters is 1. The number of hydrogen-bond acceptors (Lipinski definition) is 9. The quantitative estimate of drug-likeness (QED) is 0.267. The van der Waals surface area contributed by atoms with Crippen LogP contribution in [0.3, 0.4) is 0 Å². The van der Waals surface area contributed by atoms with Gasteiger partial charge in [-0.15, -0.1) is 0 Å². The molecule has 5 heterocycles. The van der Waals surface area contributed by atoms with Gasteiger partial charge in [0.2, 0.25) is 5.91 Å². The highest BCUT2D eigenvalue weighted by Gasteiger charge is 2.42. The molecule has 2 N–H and O–H groups in total. The van der Waals surface area contributed by atoms with Crippen molar-refractivity contribution < 1.29 is 23.9 Å². The van der Waals surface area contributed by atoms with E-state index >= 15 is 0 Å². The summed E-state index contributed by atoms with van der Waals surface area (Å²) < 4.78 is 14.5. The van der Waals surface area contributed by atoms with Crippen LogP contribution in [0.2, 0.25) is 0 Å². The van der Waals surface area contributed by atoms with E-state index in [1.807, 2.05) is 6.20 Å². The van der Waals surface area contributed by atoms with E-state index in [0.717, 1.165) is 84.7 Å². The van der Waals surface area contributed by atoms with Crippen molar-refractivity contribution >= 4 is 40.3 Å². The minimum absolute atomic E-state index is 0.0307. The number of benzene rings is 1.